The molecule has 1 rings (SSSR count). The number of carbonyl (C=O) groups excluding carboxylic acids is 2. The van der Waals surface area contributed by atoms with E-state index >= 15 is 0 Å². The van der Waals surface area contributed by atoms with Crippen molar-refractivity contribution in [2.45, 2.75) is 115 Å². The fraction of sp³-hybridized carbons (Fsp3) is 0.700. The summed E-state index contributed by atoms with van der Waals surface area (Å²) in [5, 5.41) is 40.0. The summed E-state index contributed by atoms with van der Waals surface area (Å²) in [7, 11) is -0.439. The van der Waals surface area contributed by atoms with Gasteiger partial charge in [-0.3, -0.25) is 9.59 Å². The van der Waals surface area contributed by atoms with Crippen LogP contribution in [0.15, 0.2) is 28.4 Å². The molecule has 0 fully saturated rings. The van der Waals surface area contributed by atoms with E-state index in [1.165, 1.54) is 64.1 Å². The van der Waals surface area contributed by atoms with Crippen molar-refractivity contribution in [2.75, 3.05) is 20.1 Å². The van der Waals surface area contributed by atoms with Crippen LogP contribution in [0.1, 0.15) is 120 Å². The first-order valence-corrected chi connectivity index (χ1v) is 15.5. The highest BCUT2D eigenvalue weighted by atomic mass is 19.1. The van der Waals surface area contributed by atoms with Gasteiger partial charge in [0, 0.05) is 37.6 Å². The van der Waals surface area contributed by atoms with Gasteiger partial charge in [-0.1, -0.05) is 76.7 Å². The van der Waals surface area contributed by atoms with Crippen molar-refractivity contribution in [3.05, 3.63) is 29.6 Å². The molecular formula is C30H50BFN4O6. The number of carboxylic acid groups (broad SMARTS) is 1. The van der Waals surface area contributed by atoms with Gasteiger partial charge in [-0.25, -0.2) is 9.18 Å². The highest BCUT2D eigenvalue weighted by Crippen LogP contribution is 2.13. The number of unbranched alkanes of at least 4 members (excludes halogenated alkanes) is 13. The van der Waals surface area contributed by atoms with Crippen LogP contribution < -0.4 is 16.1 Å². The van der Waals surface area contributed by atoms with Crippen molar-refractivity contribution >= 4 is 30.4 Å². The number of nitrogens with zero attached hydrogens (tertiary/aromatic N) is 2. The summed E-state index contributed by atoms with van der Waals surface area (Å²) in [6.07, 6.45) is 17.1. The minimum absolute atomic E-state index is 0.0619. The molecule has 0 bridgehead atoms. The number of amides is 2. The van der Waals surface area contributed by atoms with E-state index in [2.05, 4.69) is 20.9 Å². The Balaban J connectivity index is 1.86. The molecule has 0 aliphatic heterocycles. The molecule has 236 valence electrons. The Bertz CT molecular complexity index is 950. The number of hydrogen-bond acceptors (Lipinski definition) is 7. The zero-order valence-corrected chi connectivity index (χ0v) is 25.2. The van der Waals surface area contributed by atoms with Crippen LogP contribution >= 0.6 is 0 Å². The van der Waals surface area contributed by atoms with Gasteiger partial charge in [0.25, 0.3) is 5.91 Å². The van der Waals surface area contributed by atoms with Crippen LogP contribution in [0.5, 0.6) is 0 Å². The third kappa shape index (κ3) is 17.8. The maximum Gasteiger partial charge on any atom is 0.491 e. The van der Waals surface area contributed by atoms with Crippen LogP contribution in [0.2, 0.25) is 0 Å². The molecule has 2 amide bonds. The molecule has 10 nitrogen and oxygen atoms in total. The fourth-order valence-electron chi connectivity index (χ4n) is 4.69. The largest absolute Gasteiger partial charge is 0.491 e. The number of hydrogen-bond donors (Lipinski definition) is 5. The van der Waals surface area contributed by atoms with Gasteiger partial charge >= 0.3 is 13.1 Å². The Hall–Kier alpha value is -2.86. The molecule has 0 aromatic heterocycles. The fourth-order valence-corrected chi connectivity index (χ4v) is 4.69. The van der Waals surface area contributed by atoms with Gasteiger partial charge < -0.3 is 25.8 Å². The molecule has 1 aromatic rings. The number of azo groups is 1. The molecule has 12 heteroatoms. The van der Waals surface area contributed by atoms with Gasteiger partial charge in [0.1, 0.15) is 5.82 Å². The summed E-state index contributed by atoms with van der Waals surface area (Å²) in [6.45, 7) is 1.09. The molecular weight excluding hydrogens is 542 g/mol. The Labute approximate surface area is 250 Å². The molecule has 42 heavy (non-hydrogen) atoms. The average molecular weight is 593 g/mol. The van der Waals surface area contributed by atoms with Crippen LogP contribution in [0.3, 0.4) is 0 Å². The van der Waals surface area contributed by atoms with Crippen LogP contribution in [-0.2, 0) is 9.59 Å². The third-order valence-corrected chi connectivity index (χ3v) is 7.17. The smallest absolute Gasteiger partial charge is 0.480 e. The first-order valence-electron chi connectivity index (χ1n) is 15.5. The Morgan fingerprint density at radius 1 is 0.810 bits per heavy atom. The molecule has 0 saturated heterocycles. The highest BCUT2D eigenvalue weighted by molar-refractivity contribution is 6.58. The van der Waals surface area contributed by atoms with Crippen molar-refractivity contribution in [3.8, 4) is 0 Å². The van der Waals surface area contributed by atoms with E-state index in [4.69, 9.17) is 15.2 Å². The Morgan fingerprint density at radius 2 is 1.33 bits per heavy atom. The molecule has 0 heterocycles. The predicted molar refractivity (Wildman–Crippen MR) is 162 cm³/mol. The zero-order chi connectivity index (χ0) is 31.0. The van der Waals surface area contributed by atoms with Crippen LogP contribution in [0.25, 0.3) is 0 Å². The minimum Gasteiger partial charge on any atom is -0.480 e. The summed E-state index contributed by atoms with van der Waals surface area (Å²) >= 11 is 0. The maximum atomic E-state index is 13.8. The van der Waals surface area contributed by atoms with E-state index in [0.717, 1.165) is 51.0 Å². The normalized spacial score (nSPS) is 11.9. The van der Waals surface area contributed by atoms with Crippen LogP contribution in [0.4, 0.5) is 4.39 Å². The standard InChI is InChI=1S/C30H50BFN4O6/c1-33-36-27(30(39)40)17-14-16-21-34-28(37)18-13-11-9-7-5-3-2-4-6-8-10-12-15-22-35-29(38)24-19-20-25(31(41)42)26(32)23-24/h19-20,23,27,41-42H,2-18,21-22H2,1H3,(H,34,37)(H,35,38)(H,39,40). The number of carboxylic acids is 1. The van der Waals surface area contributed by atoms with Gasteiger partial charge in [0.05, 0.1) is 0 Å². The van der Waals surface area contributed by atoms with Crippen molar-refractivity contribution in [1.29, 1.82) is 0 Å². The number of rotatable bonds is 25. The highest BCUT2D eigenvalue weighted by Gasteiger charge is 2.18. The lowest BCUT2D eigenvalue weighted by Gasteiger charge is -2.07. The number of nitrogens with one attached hydrogen (secondary N) is 2. The summed E-state index contributed by atoms with van der Waals surface area (Å²) < 4.78 is 13.8. The summed E-state index contributed by atoms with van der Waals surface area (Å²) in [5.41, 5.74) is -0.0901. The Morgan fingerprint density at radius 3 is 1.86 bits per heavy atom. The van der Waals surface area contributed by atoms with Crippen LogP contribution in [-0.4, -0.2) is 66.2 Å². The third-order valence-electron chi connectivity index (χ3n) is 7.17. The number of carbonyl (C=O) groups is 3. The monoisotopic (exact) mass is 592 g/mol. The van der Waals surface area contributed by atoms with Gasteiger partial charge in [0.15, 0.2) is 6.04 Å². The molecule has 1 atom stereocenters. The lowest BCUT2D eigenvalue weighted by molar-refractivity contribution is -0.138. The lowest BCUT2D eigenvalue weighted by Crippen LogP contribution is -2.33. The molecule has 0 saturated carbocycles. The van der Waals surface area contributed by atoms with E-state index in [-0.39, 0.29) is 22.8 Å². The Kier molecular flexibility index (Phi) is 21.0. The zero-order valence-electron chi connectivity index (χ0n) is 25.2. The van der Waals surface area contributed by atoms with Gasteiger partial charge in [-0.2, -0.15) is 10.2 Å². The van der Waals surface area contributed by atoms with Crippen molar-refractivity contribution in [3.63, 3.8) is 0 Å². The SMILES string of the molecule is CN=NC(CCCCNC(=O)CCCCCCCCCCCCCCCNC(=O)c1ccc(B(O)O)c(F)c1)C(=O)O. The molecule has 5 N–H and O–H groups in total. The number of benzene rings is 1. The van der Waals surface area contributed by atoms with E-state index in [0.29, 0.717) is 32.4 Å². The quantitative estimate of drug-likeness (QED) is 0.0638. The predicted octanol–water partition coefficient (Wildman–Crippen LogP) is 4.52. The summed E-state index contributed by atoms with van der Waals surface area (Å²) in [4.78, 5) is 35.0. The molecule has 0 aliphatic rings. The van der Waals surface area contributed by atoms with Crippen molar-refractivity contribution < 1.29 is 33.9 Å². The molecule has 1 unspecified atom stereocenters. The topological polar surface area (TPSA) is 161 Å². The average Bonchev–Trinajstić information content (AvgIpc) is 2.95. The van der Waals surface area contributed by atoms with E-state index < -0.39 is 24.9 Å². The maximum absolute atomic E-state index is 13.8. The van der Waals surface area contributed by atoms with E-state index in [1.54, 1.807) is 0 Å². The van der Waals surface area contributed by atoms with E-state index in [1.807, 2.05) is 0 Å². The molecule has 1 aromatic carbocycles. The van der Waals surface area contributed by atoms with Crippen molar-refractivity contribution in [1.82, 2.24) is 10.6 Å². The first kappa shape index (κ1) is 37.2. The second kappa shape index (κ2) is 23.7. The number of halogens is 1. The molecule has 0 spiro atoms. The van der Waals surface area contributed by atoms with Gasteiger partial charge in [0.2, 0.25) is 5.91 Å². The van der Waals surface area contributed by atoms with Gasteiger partial charge in [-0.15, -0.1) is 0 Å². The number of aliphatic carboxylic acids is 1. The van der Waals surface area contributed by atoms with Crippen molar-refractivity contribution in [2.24, 2.45) is 10.2 Å². The second-order valence-electron chi connectivity index (χ2n) is 10.7. The minimum atomic E-state index is -1.90. The molecule has 0 aliphatic carbocycles. The van der Waals surface area contributed by atoms with Crippen LogP contribution in [0, 0.1) is 5.82 Å². The first-order chi connectivity index (χ1) is 20.3. The summed E-state index contributed by atoms with van der Waals surface area (Å²) in [5.74, 6) is -2.09. The lowest BCUT2D eigenvalue weighted by atomic mass is 9.79. The summed E-state index contributed by atoms with van der Waals surface area (Å²) in [6, 6.07) is 2.80. The molecule has 0 radical (unpaired) electrons. The van der Waals surface area contributed by atoms with E-state index in [9.17, 15) is 18.8 Å². The second-order valence-corrected chi connectivity index (χ2v) is 10.7. The van der Waals surface area contributed by atoms with Gasteiger partial charge in [-0.05, 0) is 44.2 Å².